The van der Waals surface area contributed by atoms with E-state index >= 15 is 0 Å². The molecule has 0 bridgehead atoms. The van der Waals surface area contributed by atoms with Gasteiger partial charge in [-0.3, -0.25) is 0 Å². The molecule has 0 aromatic heterocycles. The summed E-state index contributed by atoms with van der Waals surface area (Å²) in [5.41, 5.74) is 2.16. The molecular weight excluding hydrogens is 375 g/mol. The van der Waals surface area contributed by atoms with Crippen LogP contribution in [0.3, 0.4) is 0 Å². The fourth-order valence-electron chi connectivity index (χ4n) is 3.72. The van der Waals surface area contributed by atoms with Gasteiger partial charge in [-0.05, 0) is 56.0 Å². The van der Waals surface area contributed by atoms with E-state index < -0.39 is 22.1 Å². The van der Waals surface area contributed by atoms with Gasteiger partial charge < -0.3 is 0 Å². The minimum absolute atomic E-state index is 0.200. The van der Waals surface area contributed by atoms with Crippen LogP contribution in [0, 0.1) is 24.1 Å². The van der Waals surface area contributed by atoms with Gasteiger partial charge in [0.25, 0.3) is 0 Å². The molecule has 0 N–H and O–H groups in total. The van der Waals surface area contributed by atoms with Crippen LogP contribution in [0.2, 0.25) is 0 Å². The molecule has 0 amide bonds. The predicted octanol–water partition coefficient (Wildman–Crippen LogP) is 4.89. The fraction of sp³-hybridized carbons (Fsp3) is 0.318. The number of rotatable bonds is 5. The number of benzene rings is 2. The van der Waals surface area contributed by atoms with Crippen molar-refractivity contribution in [2.45, 2.75) is 50.1 Å². The highest BCUT2D eigenvalue weighted by Gasteiger charge is 2.44. The normalized spacial score (nSPS) is 20.9. The van der Waals surface area contributed by atoms with Crippen LogP contribution in [0.5, 0.6) is 0 Å². The van der Waals surface area contributed by atoms with Crippen LogP contribution in [0.15, 0.2) is 65.1 Å². The summed E-state index contributed by atoms with van der Waals surface area (Å²) < 4.78 is 41.9. The molecule has 2 aromatic carbocycles. The molecule has 3 rings (SSSR count). The van der Waals surface area contributed by atoms with Gasteiger partial charge in [0.1, 0.15) is 5.82 Å². The average molecular weight is 399 g/mol. The first kappa shape index (κ1) is 20.2. The van der Waals surface area contributed by atoms with Crippen LogP contribution >= 0.6 is 0 Å². The molecule has 0 saturated carbocycles. The quantitative estimate of drug-likeness (QED) is 0.674. The molecule has 0 spiro atoms. The molecule has 1 aliphatic rings. The number of aryl methyl sites for hydroxylation is 1. The van der Waals surface area contributed by atoms with Gasteiger partial charge in [0.15, 0.2) is 0 Å². The number of nitriles is 1. The lowest BCUT2D eigenvalue weighted by atomic mass is 10.0. The van der Waals surface area contributed by atoms with Crippen molar-refractivity contribution < 1.29 is 12.8 Å². The Bertz CT molecular complexity index is 1010. The van der Waals surface area contributed by atoms with Crippen molar-refractivity contribution >= 4 is 10.0 Å². The summed E-state index contributed by atoms with van der Waals surface area (Å²) in [6.07, 6.45) is 3.56. The summed E-state index contributed by atoms with van der Waals surface area (Å²) in [6, 6.07) is 13.9. The van der Waals surface area contributed by atoms with Crippen molar-refractivity contribution in [3.05, 3.63) is 77.1 Å². The Morgan fingerprint density at radius 3 is 2.39 bits per heavy atom. The van der Waals surface area contributed by atoms with Crippen LogP contribution in [0.1, 0.15) is 43.4 Å². The van der Waals surface area contributed by atoms with Gasteiger partial charge in [0.2, 0.25) is 10.0 Å². The smallest absolute Gasteiger partial charge is 0.207 e. The summed E-state index contributed by atoms with van der Waals surface area (Å²) in [7, 11) is -3.84. The number of hydrogen-bond acceptors (Lipinski definition) is 3. The van der Waals surface area contributed by atoms with Crippen molar-refractivity contribution in [3.63, 3.8) is 0 Å². The van der Waals surface area contributed by atoms with E-state index in [1.54, 1.807) is 42.5 Å². The van der Waals surface area contributed by atoms with Gasteiger partial charge in [-0.15, -0.1) is 0 Å². The average Bonchev–Trinajstić information content (AvgIpc) is 3.12. The Morgan fingerprint density at radius 1 is 1.18 bits per heavy atom. The molecular formula is C22H23FN2O2S. The first-order valence-electron chi connectivity index (χ1n) is 9.34. The van der Waals surface area contributed by atoms with Crippen LogP contribution < -0.4 is 0 Å². The maximum atomic E-state index is 13.5. The highest BCUT2D eigenvalue weighted by molar-refractivity contribution is 7.89. The molecule has 0 radical (unpaired) electrons. The van der Waals surface area contributed by atoms with E-state index in [4.69, 9.17) is 0 Å². The van der Waals surface area contributed by atoms with Crippen molar-refractivity contribution in [2.75, 3.05) is 0 Å². The first-order valence-corrected chi connectivity index (χ1v) is 10.8. The molecule has 1 heterocycles. The zero-order valence-electron chi connectivity index (χ0n) is 16.0. The molecule has 2 unspecified atom stereocenters. The Kier molecular flexibility index (Phi) is 5.97. The third kappa shape index (κ3) is 3.87. The van der Waals surface area contributed by atoms with E-state index in [0.29, 0.717) is 24.8 Å². The molecule has 28 heavy (non-hydrogen) atoms. The molecule has 1 saturated heterocycles. The molecule has 146 valence electrons. The van der Waals surface area contributed by atoms with Gasteiger partial charge >= 0.3 is 0 Å². The molecule has 6 heteroatoms. The van der Waals surface area contributed by atoms with Crippen molar-refractivity contribution in [3.8, 4) is 6.07 Å². The maximum absolute atomic E-state index is 13.5. The maximum Gasteiger partial charge on any atom is 0.244 e. The second-order valence-corrected chi connectivity index (χ2v) is 8.83. The minimum Gasteiger partial charge on any atom is -0.207 e. The van der Waals surface area contributed by atoms with Gasteiger partial charge in [0, 0.05) is 5.57 Å². The lowest BCUT2D eigenvalue weighted by Crippen LogP contribution is -2.38. The molecule has 2 aromatic rings. The molecule has 4 nitrogen and oxygen atoms in total. The Balaban J connectivity index is 2.11. The topological polar surface area (TPSA) is 61.2 Å². The summed E-state index contributed by atoms with van der Waals surface area (Å²) in [4.78, 5) is 0.200. The predicted molar refractivity (Wildman–Crippen MR) is 106 cm³/mol. The number of allylic oxidation sites excluding steroid dienone is 1. The van der Waals surface area contributed by atoms with E-state index in [0.717, 1.165) is 11.1 Å². The lowest BCUT2D eigenvalue weighted by molar-refractivity contribution is 0.353. The second kappa shape index (κ2) is 8.26. The Morgan fingerprint density at radius 2 is 1.82 bits per heavy atom. The van der Waals surface area contributed by atoms with Gasteiger partial charge in [-0.2, -0.15) is 9.57 Å². The number of nitrogens with zero attached hydrogens (tertiary/aromatic N) is 2. The van der Waals surface area contributed by atoms with Gasteiger partial charge in [-0.25, -0.2) is 12.8 Å². The number of halogens is 1. The van der Waals surface area contributed by atoms with Gasteiger partial charge in [-0.1, -0.05) is 42.8 Å². The van der Waals surface area contributed by atoms with E-state index in [1.807, 2.05) is 13.8 Å². The SMILES string of the molecule is CCC=C(C#N)C1CCC(c2ccc(F)cc2)N1S(=O)(=O)c1ccc(C)cc1. The van der Waals surface area contributed by atoms with Gasteiger partial charge in [0.05, 0.1) is 23.0 Å². The highest BCUT2D eigenvalue weighted by Crippen LogP contribution is 2.42. The third-order valence-corrected chi connectivity index (χ3v) is 7.02. The second-order valence-electron chi connectivity index (χ2n) is 6.99. The van der Waals surface area contributed by atoms with Crippen LogP contribution in [-0.4, -0.2) is 18.8 Å². The molecule has 2 atom stereocenters. The zero-order valence-corrected chi connectivity index (χ0v) is 16.8. The lowest BCUT2D eigenvalue weighted by Gasteiger charge is -2.29. The summed E-state index contributed by atoms with van der Waals surface area (Å²) in [5.74, 6) is -0.366. The molecule has 0 aliphatic carbocycles. The largest absolute Gasteiger partial charge is 0.244 e. The van der Waals surface area contributed by atoms with E-state index in [2.05, 4.69) is 6.07 Å². The molecule has 1 aliphatic heterocycles. The standard InChI is InChI=1S/C22H23FN2O2S/c1-3-4-18(15-24)22-14-13-21(17-7-9-19(23)10-8-17)25(22)28(26,27)20-11-5-16(2)6-12-20/h4-12,21-22H,3,13-14H2,1-2H3. The van der Waals surface area contributed by atoms with E-state index in [1.165, 1.54) is 16.4 Å². The highest BCUT2D eigenvalue weighted by atomic mass is 32.2. The van der Waals surface area contributed by atoms with E-state index in [9.17, 15) is 18.1 Å². The third-order valence-electron chi connectivity index (χ3n) is 5.09. The van der Waals surface area contributed by atoms with Crippen LogP contribution in [-0.2, 0) is 10.0 Å². The van der Waals surface area contributed by atoms with Crippen LogP contribution in [0.4, 0.5) is 4.39 Å². The summed E-state index contributed by atoms with van der Waals surface area (Å²) in [6.45, 7) is 3.82. The zero-order chi connectivity index (χ0) is 20.3. The number of sulfonamides is 1. The van der Waals surface area contributed by atoms with Crippen LogP contribution in [0.25, 0.3) is 0 Å². The Labute approximate surface area is 166 Å². The fourth-order valence-corrected chi connectivity index (χ4v) is 5.56. The molecule has 1 fully saturated rings. The Hall–Kier alpha value is -2.49. The van der Waals surface area contributed by atoms with E-state index in [-0.39, 0.29) is 10.7 Å². The van der Waals surface area contributed by atoms with Crippen molar-refractivity contribution in [1.82, 2.24) is 4.31 Å². The number of hydrogen-bond donors (Lipinski definition) is 0. The summed E-state index contributed by atoms with van der Waals surface area (Å²) >= 11 is 0. The van der Waals surface area contributed by atoms with Crippen molar-refractivity contribution in [2.24, 2.45) is 0 Å². The monoisotopic (exact) mass is 398 g/mol. The van der Waals surface area contributed by atoms with Crippen molar-refractivity contribution in [1.29, 1.82) is 5.26 Å². The summed E-state index contributed by atoms with van der Waals surface area (Å²) in [5, 5.41) is 9.61. The minimum atomic E-state index is -3.84. The first-order chi connectivity index (χ1) is 13.4.